The molecule has 0 aliphatic rings. The number of carbonyl (C=O) groups is 1. The summed E-state index contributed by atoms with van der Waals surface area (Å²) in [7, 11) is 0. The predicted octanol–water partition coefficient (Wildman–Crippen LogP) is 2.22. The van der Waals surface area contributed by atoms with Crippen molar-refractivity contribution in [3.05, 3.63) is 34.2 Å². The van der Waals surface area contributed by atoms with Crippen LogP contribution in [0.25, 0.3) is 5.65 Å². The van der Waals surface area contributed by atoms with Gasteiger partial charge in [0, 0.05) is 6.20 Å². The highest BCUT2D eigenvalue weighted by atomic mass is 79.9. The molecule has 0 amide bonds. The molecule has 0 N–H and O–H groups in total. The molecular weight excluding hydrogens is 232 g/mol. The number of hydrogen-bond acceptors (Lipinski definition) is 2. The fraction of sp³-hybridized carbons (Fsp3) is 0.111. The van der Waals surface area contributed by atoms with Gasteiger partial charge in [0.2, 0.25) is 0 Å². The Labute approximate surface area is 83.5 Å². The molecule has 2 aromatic heterocycles. The second kappa shape index (κ2) is 2.96. The Morgan fingerprint density at radius 3 is 3.08 bits per heavy atom. The summed E-state index contributed by atoms with van der Waals surface area (Å²) < 4.78 is 2.34. The van der Waals surface area contributed by atoms with Gasteiger partial charge in [-0.3, -0.25) is 9.20 Å². The third-order valence-corrected chi connectivity index (χ3v) is 2.47. The zero-order valence-corrected chi connectivity index (χ0v) is 8.58. The molecule has 2 rings (SSSR count). The Kier molecular flexibility index (Phi) is 1.92. The molecule has 3 nitrogen and oxygen atoms in total. The highest BCUT2D eigenvalue weighted by molar-refractivity contribution is 9.10. The monoisotopic (exact) mass is 238 g/mol. The zero-order valence-electron chi connectivity index (χ0n) is 6.99. The van der Waals surface area contributed by atoms with Crippen molar-refractivity contribution in [1.29, 1.82) is 0 Å². The Balaban J connectivity index is 2.86. The van der Waals surface area contributed by atoms with Crippen LogP contribution in [0.1, 0.15) is 16.1 Å². The summed E-state index contributed by atoms with van der Waals surface area (Å²) in [4.78, 5) is 14.9. The van der Waals surface area contributed by atoms with Crippen LogP contribution in [0.4, 0.5) is 0 Å². The number of pyridine rings is 1. The number of rotatable bonds is 1. The van der Waals surface area contributed by atoms with E-state index < -0.39 is 0 Å². The number of imidazole rings is 1. The lowest BCUT2D eigenvalue weighted by Gasteiger charge is -1.95. The van der Waals surface area contributed by atoms with Gasteiger partial charge in [0.15, 0.2) is 6.29 Å². The smallest absolute Gasteiger partial charge is 0.169 e. The molecule has 0 spiro atoms. The van der Waals surface area contributed by atoms with Crippen molar-refractivity contribution in [2.75, 3.05) is 0 Å². The molecule has 0 aliphatic heterocycles. The summed E-state index contributed by atoms with van der Waals surface area (Å²) in [5.41, 5.74) is 2.46. The van der Waals surface area contributed by atoms with Crippen molar-refractivity contribution in [2.45, 2.75) is 6.92 Å². The van der Waals surface area contributed by atoms with E-state index in [2.05, 4.69) is 20.9 Å². The molecule has 2 heterocycles. The molecule has 66 valence electrons. The highest BCUT2D eigenvalue weighted by Crippen LogP contribution is 2.17. The van der Waals surface area contributed by atoms with Crippen LogP contribution in [0.15, 0.2) is 22.9 Å². The summed E-state index contributed by atoms with van der Waals surface area (Å²) in [5, 5.41) is 0. The standard InChI is InChI=1S/C9H7BrN2O/c1-6-2-3-12-7(5-13)9(10)11-8(12)4-6/h2-5H,1H3. The van der Waals surface area contributed by atoms with E-state index in [1.54, 1.807) is 4.40 Å². The maximum Gasteiger partial charge on any atom is 0.169 e. The Bertz CT molecular complexity index is 476. The quantitative estimate of drug-likeness (QED) is 0.715. The normalized spacial score (nSPS) is 10.6. The Morgan fingerprint density at radius 2 is 2.38 bits per heavy atom. The Hall–Kier alpha value is -1.16. The third-order valence-electron chi connectivity index (χ3n) is 1.89. The van der Waals surface area contributed by atoms with E-state index in [4.69, 9.17) is 0 Å². The van der Waals surface area contributed by atoms with Gasteiger partial charge in [-0.25, -0.2) is 4.98 Å². The van der Waals surface area contributed by atoms with E-state index in [1.165, 1.54) is 0 Å². The van der Waals surface area contributed by atoms with Crippen molar-refractivity contribution in [1.82, 2.24) is 9.38 Å². The number of aryl methyl sites for hydroxylation is 1. The van der Waals surface area contributed by atoms with Gasteiger partial charge in [-0.2, -0.15) is 0 Å². The van der Waals surface area contributed by atoms with Crippen molar-refractivity contribution in [3.63, 3.8) is 0 Å². The van der Waals surface area contributed by atoms with Gasteiger partial charge in [0.1, 0.15) is 15.9 Å². The first-order chi connectivity index (χ1) is 6.22. The topological polar surface area (TPSA) is 34.4 Å². The minimum Gasteiger partial charge on any atom is -0.296 e. The summed E-state index contributed by atoms with van der Waals surface area (Å²) >= 11 is 3.23. The first-order valence-electron chi connectivity index (χ1n) is 3.82. The minimum absolute atomic E-state index is 0.551. The largest absolute Gasteiger partial charge is 0.296 e. The molecule has 0 aromatic carbocycles. The number of nitrogens with zero attached hydrogens (tertiary/aromatic N) is 2. The lowest BCUT2D eigenvalue weighted by atomic mass is 10.3. The Morgan fingerprint density at radius 1 is 1.62 bits per heavy atom. The van der Waals surface area contributed by atoms with Gasteiger partial charge >= 0.3 is 0 Å². The number of hydrogen-bond donors (Lipinski definition) is 0. The first kappa shape index (κ1) is 8.44. The van der Waals surface area contributed by atoms with Gasteiger partial charge in [-0.15, -0.1) is 0 Å². The SMILES string of the molecule is Cc1ccn2c(C=O)c(Br)nc2c1. The van der Waals surface area contributed by atoms with E-state index in [-0.39, 0.29) is 0 Å². The number of halogens is 1. The van der Waals surface area contributed by atoms with Crippen LogP contribution in [0.5, 0.6) is 0 Å². The summed E-state index contributed by atoms with van der Waals surface area (Å²) in [6.45, 7) is 1.99. The lowest BCUT2D eigenvalue weighted by Crippen LogP contribution is -1.90. The van der Waals surface area contributed by atoms with Crippen LogP contribution in [-0.4, -0.2) is 15.7 Å². The number of fused-ring (bicyclic) bond motifs is 1. The molecular formula is C9H7BrN2O. The van der Waals surface area contributed by atoms with Crippen LogP contribution in [0.3, 0.4) is 0 Å². The molecule has 0 atom stereocenters. The maximum atomic E-state index is 10.7. The van der Waals surface area contributed by atoms with Gasteiger partial charge in [0.05, 0.1) is 0 Å². The number of aldehydes is 1. The second-order valence-corrected chi connectivity index (χ2v) is 3.59. The van der Waals surface area contributed by atoms with E-state index >= 15 is 0 Å². The molecule has 2 aromatic rings. The van der Waals surface area contributed by atoms with Crippen molar-refractivity contribution in [2.24, 2.45) is 0 Å². The van der Waals surface area contributed by atoms with Crippen molar-refractivity contribution >= 4 is 27.9 Å². The number of carbonyl (C=O) groups excluding carboxylic acids is 1. The molecule has 0 radical (unpaired) electrons. The highest BCUT2D eigenvalue weighted by Gasteiger charge is 2.07. The van der Waals surface area contributed by atoms with E-state index in [0.29, 0.717) is 10.3 Å². The molecule has 4 heteroatoms. The van der Waals surface area contributed by atoms with Crippen LogP contribution in [-0.2, 0) is 0 Å². The van der Waals surface area contributed by atoms with Gasteiger partial charge in [-0.1, -0.05) is 0 Å². The average molecular weight is 239 g/mol. The fourth-order valence-electron chi connectivity index (χ4n) is 1.24. The average Bonchev–Trinajstić information content (AvgIpc) is 2.39. The zero-order chi connectivity index (χ0) is 9.42. The number of aromatic nitrogens is 2. The fourth-order valence-corrected chi connectivity index (χ4v) is 1.71. The van der Waals surface area contributed by atoms with Crippen molar-refractivity contribution in [3.8, 4) is 0 Å². The van der Waals surface area contributed by atoms with Crippen LogP contribution in [0, 0.1) is 6.92 Å². The summed E-state index contributed by atoms with van der Waals surface area (Å²) in [6, 6.07) is 3.87. The van der Waals surface area contributed by atoms with Crippen LogP contribution in [0.2, 0.25) is 0 Å². The van der Waals surface area contributed by atoms with Gasteiger partial charge < -0.3 is 0 Å². The molecule has 0 saturated heterocycles. The molecule has 0 fully saturated rings. The second-order valence-electron chi connectivity index (χ2n) is 2.84. The summed E-state index contributed by atoms with van der Waals surface area (Å²) in [5.74, 6) is 0. The maximum absolute atomic E-state index is 10.7. The molecule has 13 heavy (non-hydrogen) atoms. The first-order valence-corrected chi connectivity index (χ1v) is 4.61. The molecule has 0 unspecified atom stereocenters. The summed E-state index contributed by atoms with van der Waals surface area (Å²) in [6.07, 6.45) is 2.63. The minimum atomic E-state index is 0.551. The van der Waals surface area contributed by atoms with E-state index in [1.807, 2.05) is 25.3 Å². The third kappa shape index (κ3) is 1.27. The van der Waals surface area contributed by atoms with Crippen molar-refractivity contribution < 1.29 is 4.79 Å². The van der Waals surface area contributed by atoms with E-state index in [9.17, 15) is 4.79 Å². The molecule has 0 saturated carbocycles. The van der Waals surface area contributed by atoms with Gasteiger partial charge in [0.25, 0.3) is 0 Å². The molecule has 0 bridgehead atoms. The van der Waals surface area contributed by atoms with Crippen LogP contribution < -0.4 is 0 Å². The predicted molar refractivity (Wildman–Crippen MR) is 53.0 cm³/mol. The van der Waals surface area contributed by atoms with Gasteiger partial charge in [-0.05, 0) is 40.5 Å². The molecule has 0 aliphatic carbocycles. The lowest BCUT2D eigenvalue weighted by molar-refractivity contribution is 0.111. The van der Waals surface area contributed by atoms with E-state index in [0.717, 1.165) is 17.5 Å². The van der Waals surface area contributed by atoms with Crippen LogP contribution >= 0.6 is 15.9 Å².